The molecule has 72 valence electrons. The van der Waals surface area contributed by atoms with E-state index in [2.05, 4.69) is 4.98 Å². The summed E-state index contributed by atoms with van der Waals surface area (Å²) in [6.07, 6.45) is 3.91. The van der Waals surface area contributed by atoms with Crippen LogP contribution in [0.25, 0.3) is 0 Å². The van der Waals surface area contributed by atoms with Gasteiger partial charge in [0.05, 0.1) is 6.10 Å². The number of hydrogen-bond acceptors (Lipinski definition) is 2. The molecule has 0 saturated carbocycles. The van der Waals surface area contributed by atoms with Crippen molar-refractivity contribution in [3.63, 3.8) is 0 Å². The Hall–Kier alpha value is -0.890. The Morgan fingerprint density at radius 2 is 2.15 bits per heavy atom. The summed E-state index contributed by atoms with van der Waals surface area (Å²) < 4.78 is 0. The van der Waals surface area contributed by atoms with Gasteiger partial charge in [0.25, 0.3) is 0 Å². The zero-order chi connectivity index (χ0) is 9.90. The molecule has 0 spiro atoms. The SMILES string of the molecule is CC(C)(C)[C@H](O)Cc1cccnc1. The summed E-state index contributed by atoms with van der Waals surface area (Å²) in [7, 11) is 0. The number of hydrogen-bond donors (Lipinski definition) is 1. The largest absolute Gasteiger partial charge is 0.392 e. The highest BCUT2D eigenvalue weighted by atomic mass is 16.3. The van der Waals surface area contributed by atoms with Crippen LogP contribution in [0.1, 0.15) is 26.3 Å². The van der Waals surface area contributed by atoms with E-state index in [1.807, 2.05) is 32.9 Å². The first kappa shape index (κ1) is 10.2. The van der Waals surface area contributed by atoms with Crippen LogP contribution in [0.2, 0.25) is 0 Å². The predicted octanol–water partition coefficient (Wildman–Crippen LogP) is 2.03. The van der Waals surface area contributed by atoms with Gasteiger partial charge in [-0.15, -0.1) is 0 Å². The topological polar surface area (TPSA) is 33.1 Å². The highest BCUT2D eigenvalue weighted by molar-refractivity contribution is 5.10. The molecule has 2 nitrogen and oxygen atoms in total. The number of pyridine rings is 1. The zero-order valence-corrected chi connectivity index (χ0v) is 8.49. The first-order valence-corrected chi connectivity index (χ1v) is 4.57. The number of aliphatic hydroxyl groups is 1. The summed E-state index contributed by atoms with van der Waals surface area (Å²) in [6, 6.07) is 3.88. The van der Waals surface area contributed by atoms with Crippen molar-refractivity contribution in [1.82, 2.24) is 4.98 Å². The number of aliphatic hydroxyl groups excluding tert-OH is 1. The molecule has 0 unspecified atom stereocenters. The molecule has 0 saturated heterocycles. The van der Waals surface area contributed by atoms with Crippen LogP contribution in [-0.4, -0.2) is 16.2 Å². The fraction of sp³-hybridized carbons (Fsp3) is 0.545. The molecular weight excluding hydrogens is 162 g/mol. The molecule has 1 aromatic rings. The minimum atomic E-state index is -0.309. The maximum absolute atomic E-state index is 9.81. The van der Waals surface area contributed by atoms with Gasteiger partial charge >= 0.3 is 0 Å². The minimum absolute atomic E-state index is 0.0597. The second-order valence-electron chi connectivity index (χ2n) is 4.45. The van der Waals surface area contributed by atoms with Crippen molar-refractivity contribution in [3.05, 3.63) is 30.1 Å². The first-order valence-electron chi connectivity index (χ1n) is 4.57. The second kappa shape index (κ2) is 3.88. The average Bonchev–Trinajstić information content (AvgIpc) is 2.04. The van der Waals surface area contributed by atoms with Gasteiger partial charge in [0, 0.05) is 18.8 Å². The Labute approximate surface area is 79.6 Å². The van der Waals surface area contributed by atoms with Crippen LogP contribution in [0, 0.1) is 5.41 Å². The van der Waals surface area contributed by atoms with Crippen LogP contribution in [-0.2, 0) is 6.42 Å². The molecule has 0 aliphatic rings. The minimum Gasteiger partial charge on any atom is -0.392 e. The summed E-state index contributed by atoms with van der Waals surface area (Å²) >= 11 is 0. The van der Waals surface area contributed by atoms with Crippen molar-refractivity contribution in [3.8, 4) is 0 Å². The Morgan fingerprint density at radius 1 is 1.46 bits per heavy atom. The maximum atomic E-state index is 9.81. The molecule has 0 amide bonds. The molecule has 0 aliphatic carbocycles. The molecule has 1 heterocycles. The van der Waals surface area contributed by atoms with E-state index in [9.17, 15) is 5.11 Å². The predicted molar refractivity (Wildman–Crippen MR) is 53.4 cm³/mol. The molecule has 1 N–H and O–H groups in total. The maximum Gasteiger partial charge on any atom is 0.0629 e. The van der Waals surface area contributed by atoms with E-state index in [0.717, 1.165) is 5.56 Å². The van der Waals surface area contributed by atoms with E-state index in [-0.39, 0.29) is 11.5 Å². The Balaban J connectivity index is 2.61. The molecule has 0 aromatic carbocycles. The fourth-order valence-corrected chi connectivity index (χ4v) is 1.05. The third-order valence-corrected chi connectivity index (χ3v) is 2.15. The van der Waals surface area contributed by atoms with Gasteiger partial charge in [0.2, 0.25) is 0 Å². The van der Waals surface area contributed by atoms with Crippen LogP contribution >= 0.6 is 0 Å². The lowest BCUT2D eigenvalue weighted by Crippen LogP contribution is -2.28. The molecule has 13 heavy (non-hydrogen) atoms. The molecule has 1 aromatic heterocycles. The first-order chi connectivity index (χ1) is 6.00. The molecule has 0 radical (unpaired) electrons. The lowest BCUT2D eigenvalue weighted by atomic mass is 9.86. The highest BCUT2D eigenvalue weighted by Gasteiger charge is 2.21. The van der Waals surface area contributed by atoms with Gasteiger partial charge in [-0.05, 0) is 17.0 Å². The smallest absolute Gasteiger partial charge is 0.0629 e. The van der Waals surface area contributed by atoms with E-state index < -0.39 is 0 Å². The number of aromatic nitrogens is 1. The summed E-state index contributed by atoms with van der Waals surface area (Å²) in [4.78, 5) is 4.01. The Bertz CT molecular complexity index is 251. The summed E-state index contributed by atoms with van der Waals surface area (Å²) in [5, 5.41) is 9.81. The van der Waals surface area contributed by atoms with Crippen molar-refractivity contribution < 1.29 is 5.11 Å². The molecule has 1 rings (SSSR count). The van der Waals surface area contributed by atoms with Crippen molar-refractivity contribution in [1.29, 1.82) is 0 Å². The standard InChI is InChI=1S/C11H17NO/c1-11(2,3)10(13)7-9-5-4-6-12-8-9/h4-6,8,10,13H,7H2,1-3H3/t10-/m1/s1. The van der Waals surface area contributed by atoms with Crippen molar-refractivity contribution in [2.24, 2.45) is 5.41 Å². The van der Waals surface area contributed by atoms with Crippen LogP contribution < -0.4 is 0 Å². The molecular formula is C11H17NO. The van der Waals surface area contributed by atoms with Gasteiger partial charge in [-0.1, -0.05) is 26.8 Å². The van der Waals surface area contributed by atoms with Crippen molar-refractivity contribution in [2.75, 3.05) is 0 Å². The molecule has 1 atom stereocenters. The summed E-state index contributed by atoms with van der Waals surface area (Å²) in [5.74, 6) is 0. The van der Waals surface area contributed by atoms with E-state index in [4.69, 9.17) is 0 Å². The monoisotopic (exact) mass is 179 g/mol. The van der Waals surface area contributed by atoms with Gasteiger partial charge in [-0.25, -0.2) is 0 Å². The van der Waals surface area contributed by atoms with E-state index in [1.54, 1.807) is 12.4 Å². The van der Waals surface area contributed by atoms with E-state index in [1.165, 1.54) is 0 Å². The normalized spacial score (nSPS) is 14.2. The van der Waals surface area contributed by atoms with Gasteiger partial charge in [-0.3, -0.25) is 4.98 Å². The van der Waals surface area contributed by atoms with E-state index in [0.29, 0.717) is 6.42 Å². The Morgan fingerprint density at radius 3 is 2.62 bits per heavy atom. The van der Waals surface area contributed by atoms with Gasteiger partial charge in [0.1, 0.15) is 0 Å². The van der Waals surface area contributed by atoms with Gasteiger partial charge in [0.15, 0.2) is 0 Å². The van der Waals surface area contributed by atoms with Crippen LogP contribution in [0.4, 0.5) is 0 Å². The van der Waals surface area contributed by atoms with Gasteiger partial charge in [-0.2, -0.15) is 0 Å². The molecule has 2 heteroatoms. The third kappa shape index (κ3) is 3.15. The van der Waals surface area contributed by atoms with Crippen molar-refractivity contribution >= 4 is 0 Å². The number of nitrogens with zero attached hydrogens (tertiary/aromatic N) is 1. The quantitative estimate of drug-likeness (QED) is 0.753. The van der Waals surface area contributed by atoms with Crippen LogP contribution in [0.3, 0.4) is 0 Å². The lowest BCUT2D eigenvalue weighted by Gasteiger charge is -2.25. The summed E-state index contributed by atoms with van der Waals surface area (Å²) in [5.41, 5.74) is 1.03. The van der Waals surface area contributed by atoms with Gasteiger partial charge < -0.3 is 5.11 Å². The average molecular weight is 179 g/mol. The van der Waals surface area contributed by atoms with Crippen LogP contribution in [0.15, 0.2) is 24.5 Å². The molecule has 0 bridgehead atoms. The Kier molecular flexibility index (Phi) is 3.04. The molecule has 0 aliphatic heterocycles. The third-order valence-electron chi connectivity index (χ3n) is 2.15. The van der Waals surface area contributed by atoms with E-state index >= 15 is 0 Å². The highest BCUT2D eigenvalue weighted by Crippen LogP contribution is 2.21. The lowest BCUT2D eigenvalue weighted by molar-refractivity contribution is 0.0635. The number of rotatable bonds is 2. The van der Waals surface area contributed by atoms with Crippen molar-refractivity contribution in [2.45, 2.75) is 33.3 Å². The van der Waals surface area contributed by atoms with Crippen LogP contribution in [0.5, 0.6) is 0 Å². The summed E-state index contributed by atoms with van der Waals surface area (Å²) in [6.45, 7) is 6.11. The molecule has 0 fully saturated rings. The fourth-order valence-electron chi connectivity index (χ4n) is 1.05. The second-order valence-corrected chi connectivity index (χ2v) is 4.45. The zero-order valence-electron chi connectivity index (χ0n) is 8.49.